The summed E-state index contributed by atoms with van der Waals surface area (Å²) >= 11 is 0. The Labute approximate surface area is 109 Å². The van der Waals surface area contributed by atoms with Gasteiger partial charge in [0.25, 0.3) is 0 Å². The first-order chi connectivity index (χ1) is 8.28. The Bertz CT molecular complexity index is 468. The summed E-state index contributed by atoms with van der Waals surface area (Å²) in [6, 6.07) is 15.7. The highest BCUT2D eigenvalue weighted by Crippen LogP contribution is 2.37. The van der Waals surface area contributed by atoms with Gasteiger partial charge in [0.15, 0.2) is 0 Å². The summed E-state index contributed by atoms with van der Waals surface area (Å²) in [6.07, 6.45) is 0. The van der Waals surface area contributed by atoms with Crippen molar-refractivity contribution in [2.75, 3.05) is 5.73 Å². The van der Waals surface area contributed by atoms with Gasteiger partial charge < -0.3 is 10.8 Å². The van der Waals surface area contributed by atoms with Crippen molar-refractivity contribution in [1.82, 2.24) is 0 Å². The third-order valence-corrected chi connectivity index (χ3v) is 4.64. The number of nitrogen functional groups attached to an aromatic ring is 1. The van der Waals surface area contributed by atoms with E-state index in [-0.39, 0.29) is 6.61 Å². The summed E-state index contributed by atoms with van der Waals surface area (Å²) in [5.41, 5.74) is 7.35. The maximum absolute atomic E-state index is 8.94. The molecule has 17 heavy (non-hydrogen) atoms. The second-order valence-corrected chi connectivity index (χ2v) is 5.81. The van der Waals surface area contributed by atoms with E-state index in [9.17, 15) is 0 Å². The van der Waals surface area contributed by atoms with Gasteiger partial charge in [-0.15, -0.1) is 0 Å². The van der Waals surface area contributed by atoms with Crippen LogP contribution >= 0.6 is 21.6 Å². The molecule has 0 fully saturated rings. The van der Waals surface area contributed by atoms with Crippen LogP contribution in [0, 0.1) is 0 Å². The molecule has 0 atom stereocenters. The lowest BCUT2D eigenvalue weighted by atomic mass is 10.2. The zero-order valence-corrected chi connectivity index (χ0v) is 10.8. The van der Waals surface area contributed by atoms with Crippen molar-refractivity contribution >= 4 is 27.3 Å². The van der Waals surface area contributed by atoms with Crippen molar-refractivity contribution in [2.24, 2.45) is 0 Å². The van der Waals surface area contributed by atoms with Crippen LogP contribution in [0.4, 0.5) is 5.69 Å². The zero-order chi connectivity index (χ0) is 12.1. The zero-order valence-electron chi connectivity index (χ0n) is 9.17. The largest absolute Gasteiger partial charge is 0.399 e. The van der Waals surface area contributed by atoms with E-state index in [2.05, 4.69) is 0 Å². The number of aliphatic hydroxyl groups is 1. The maximum atomic E-state index is 8.94. The molecule has 0 radical (unpaired) electrons. The number of benzene rings is 2. The van der Waals surface area contributed by atoms with Crippen molar-refractivity contribution in [3.63, 3.8) is 0 Å². The lowest BCUT2D eigenvalue weighted by molar-refractivity contribution is 0.282. The third-order valence-electron chi connectivity index (χ3n) is 2.22. The van der Waals surface area contributed by atoms with Gasteiger partial charge in [0, 0.05) is 15.5 Å². The van der Waals surface area contributed by atoms with Gasteiger partial charge in [-0.25, -0.2) is 0 Å². The number of rotatable bonds is 4. The van der Waals surface area contributed by atoms with E-state index in [1.54, 1.807) is 21.6 Å². The molecule has 0 spiro atoms. The Morgan fingerprint density at radius 1 is 0.824 bits per heavy atom. The van der Waals surface area contributed by atoms with Crippen molar-refractivity contribution in [3.05, 3.63) is 54.1 Å². The molecule has 0 bridgehead atoms. The molecule has 4 heteroatoms. The molecule has 0 amide bonds. The third kappa shape index (κ3) is 3.70. The maximum Gasteiger partial charge on any atom is 0.0681 e. The van der Waals surface area contributed by atoms with Gasteiger partial charge in [0.1, 0.15) is 0 Å². The number of hydrogen-bond donors (Lipinski definition) is 2. The Balaban J connectivity index is 1.95. The predicted octanol–water partition coefficient (Wildman–Crippen LogP) is 3.56. The average Bonchev–Trinajstić information content (AvgIpc) is 2.39. The monoisotopic (exact) mass is 263 g/mol. The van der Waals surface area contributed by atoms with E-state index in [0.717, 1.165) is 11.3 Å². The summed E-state index contributed by atoms with van der Waals surface area (Å²) in [4.78, 5) is 2.35. The van der Waals surface area contributed by atoms with Gasteiger partial charge in [-0.1, -0.05) is 33.7 Å². The molecule has 0 heterocycles. The Morgan fingerprint density at radius 2 is 1.29 bits per heavy atom. The minimum absolute atomic E-state index is 0.0933. The van der Waals surface area contributed by atoms with E-state index in [0.29, 0.717) is 0 Å². The van der Waals surface area contributed by atoms with Crippen LogP contribution in [0.2, 0.25) is 0 Å². The standard InChI is InChI=1S/C13H13NOS2/c14-11-3-7-13(8-4-11)17-16-12-5-1-10(9-15)2-6-12/h1-8,15H,9,14H2. The molecule has 0 saturated carbocycles. The summed E-state index contributed by atoms with van der Waals surface area (Å²) in [5, 5.41) is 8.94. The van der Waals surface area contributed by atoms with Crippen LogP contribution in [0.5, 0.6) is 0 Å². The van der Waals surface area contributed by atoms with Crippen LogP contribution < -0.4 is 5.73 Å². The van der Waals surface area contributed by atoms with Crippen molar-refractivity contribution < 1.29 is 5.11 Å². The van der Waals surface area contributed by atoms with Crippen molar-refractivity contribution in [1.29, 1.82) is 0 Å². The molecule has 2 nitrogen and oxygen atoms in total. The molecule has 88 valence electrons. The average molecular weight is 263 g/mol. The van der Waals surface area contributed by atoms with Gasteiger partial charge in [-0.05, 0) is 42.0 Å². The highest BCUT2D eigenvalue weighted by Gasteiger charge is 1.98. The van der Waals surface area contributed by atoms with Crippen LogP contribution in [0.1, 0.15) is 5.56 Å². The van der Waals surface area contributed by atoms with E-state index in [4.69, 9.17) is 10.8 Å². The summed E-state index contributed by atoms with van der Waals surface area (Å²) in [5.74, 6) is 0. The fraction of sp³-hybridized carbons (Fsp3) is 0.0769. The Hall–Kier alpha value is -1.10. The highest BCUT2D eigenvalue weighted by atomic mass is 33.1. The first-order valence-corrected chi connectivity index (χ1v) is 7.33. The number of aliphatic hydroxyl groups excluding tert-OH is 1. The number of anilines is 1. The van der Waals surface area contributed by atoms with Crippen molar-refractivity contribution in [3.8, 4) is 0 Å². The second kappa shape index (κ2) is 6.00. The minimum Gasteiger partial charge on any atom is -0.399 e. The second-order valence-electron chi connectivity index (χ2n) is 3.54. The molecule has 3 N–H and O–H groups in total. The molecule has 0 aliphatic carbocycles. The van der Waals surface area contributed by atoms with Crippen LogP contribution in [0.3, 0.4) is 0 Å². The van der Waals surface area contributed by atoms with E-state index < -0.39 is 0 Å². The molecule has 0 aromatic heterocycles. The SMILES string of the molecule is Nc1ccc(SSc2ccc(CO)cc2)cc1. The lowest BCUT2D eigenvalue weighted by Gasteiger charge is -2.02. The predicted molar refractivity (Wildman–Crippen MR) is 74.9 cm³/mol. The summed E-state index contributed by atoms with van der Waals surface area (Å²) in [6.45, 7) is 0.0933. The molecular weight excluding hydrogens is 250 g/mol. The normalized spacial score (nSPS) is 10.4. The van der Waals surface area contributed by atoms with Gasteiger partial charge in [-0.2, -0.15) is 0 Å². The first-order valence-electron chi connectivity index (χ1n) is 5.18. The van der Waals surface area contributed by atoms with Crippen LogP contribution in [-0.4, -0.2) is 5.11 Å². The van der Waals surface area contributed by atoms with Gasteiger partial charge in [0.05, 0.1) is 6.61 Å². The first kappa shape index (κ1) is 12.4. The quantitative estimate of drug-likeness (QED) is 0.654. The lowest BCUT2D eigenvalue weighted by Crippen LogP contribution is -1.82. The van der Waals surface area contributed by atoms with E-state index in [1.807, 2.05) is 48.5 Å². The number of hydrogen-bond acceptors (Lipinski definition) is 4. The van der Waals surface area contributed by atoms with Gasteiger partial charge >= 0.3 is 0 Å². The Morgan fingerprint density at radius 3 is 1.76 bits per heavy atom. The fourth-order valence-electron chi connectivity index (χ4n) is 1.27. The Kier molecular flexibility index (Phi) is 4.36. The molecular formula is C13H13NOS2. The summed E-state index contributed by atoms with van der Waals surface area (Å²) < 4.78 is 0. The molecule has 0 saturated heterocycles. The minimum atomic E-state index is 0.0933. The molecule has 2 aromatic rings. The molecule has 0 unspecified atom stereocenters. The summed E-state index contributed by atoms with van der Waals surface area (Å²) in [7, 11) is 3.39. The number of nitrogens with two attached hydrogens (primary N) is 1. The highest BCUT2D eigenvalue weighted by molar-refractivity contribution is 8.76. The molecule has 0 aliphatic heterocycles. The fourth-order valence-corrected chi connectivity index (χ4v) is 3.20. The van der Waals surface area contributed by atoms with Crippen molar-refractivity contribution in [2.45, 2.75) is 16.4 Å². The van der Waals surface area contributed by atoms with Gasteiger partial charge in [-0.3, -0.25) is 0 Å². The van der Waals surface area contributed by atoms with E-state index in [1.165, 1.54) is 9.79 Å². The smallest absolute Gasteiger partial charge is 0.0681 e. The van der Waals surface area contributed by atoms with Crippen LogP contribution in [0.15, 0.2) is 58.3 Å². The molecule has 2 aromatic carbocycles. The topological polar surface area (TPSA) is 46.2 Å². The van der Waals surface area contributed by atoms with Crippen LogP contribution in [0.25, 0.3) is 0 Å². The molecule has 2 rings (SSSR count). The van der Waals surface area contributed by atoms with Crippen LogP contribution in [-0.2, 0) is 6.61 Å². The van der Waals surface area contributed by atoms with E-state index >= 15 is 0 Å². The van der Waals surface area contributed by atoms with Gasteiger partial charge in [0.2, 0.25) is 0 Å². The molecule has 0 aliphatic rings.